The van der Waals surface area contributed by atoms with Crippen LogP contribution < -0.4 is 5.73 Å². The number of rotatable bonds is 3. The molecule has 0 bridgehead atoms. The third-order valence-electron chi connectivity index (χ3n) is 1.19. The Kier molecular flexibility index (Phi) is 4.77. The molecule has 12 heavy (non-hydrogen) atoms. The first kappa shape index (κ1) is 11.9. The Labute approximate surface area is 81.9 Å². The third kappa shape index (κ3) is 2.75. The highest BCUT2D eigenvalue weighted by molar-refractivity contribution is 7.93. The van der Waals surface area contributed by atoms with Crippen LogP contribution in [0.15, 0.2) is 21.7 Å². The van der Waals surface area contributed by atoms with E-state index in [-0.39, 0.29) is 24.7 Å². The SMILES string of the molecule is Cl.NCCS(=O)(=O)c1cccs1. The number of hydrogen-bond acceptors (Lipinski definition) is 4. The second-order valence-corrected chi connectivity index (χ2v) is 5.32. The fraction of sp³-hybridized carbons (Fsp3) is 0.333. The maximum atomic E-state index is 11.2. The number of sulfone groups is 1. The van der Waals surface area contributed by atoms with Gasteiger partial charge in [-0.15, -0.1) is 23.7 Å². The first-order chi connectivity index (χ1) is 5.17. The second kappa shape index (κ2) is 4.81. The second-order valence-electron chi connectivity index (χ2n) is 2.04. The Morgan fingerprint density at radius 2 is 2.17 bits per heavy atom. The van der Waals surface area contributed by atoms with Crippen LogP contribution in [0.25, 0.3) is 0 Å². The summed E-state index contributed by atoms with van der Waals surface area (Å²) in [7, 11) is -3.07. The van der Waals surface area contributed by atoms with Crippen molar-refractivity contribution >= 4 is 33.6 Å². The van der Waals surface area contributed by atoms with E-state index in [1.807, 2.05) is 0 Å². The molecule has 1 heterocycles. The molecule has 0 amide bonds. The molecule has 0 saturated carbocycles. The standard InChI is InChI=1S/C6H9NO2S2.ClH/c7-3-5-11(8,9)6-2-1-4-10-6;/h1-2,4H,3,5,7H2;1H. The maximum absolute atomic E-state index is 11.2. The molecule has 0 atom stereocenters. The monoisotopic (exact) mass is 227 g/mol. The van der Waals surface area contributed by atoms with Gasteiger partial charge >= 0.3 is 0 Å². The molecule has 3 nitrogen and oxygen atoms in total. The van der Waals surface area contributed by atoms with Gasteiger partial charge in [0.05, 0.1) is 5.75 Å². The van der Waals surface area contributed by atoms with Crippen LogP contribution in [-0.4, -0.2) is 20.7 Å². The van der Waals surface area contributed by atoms with Gasteiger partial charge in [-0.2, -0.15) is 0 Å². The Morgan fingerprint density at radius 1 is 1.50 bits per heavy atom. The summed E-state index contributed by atoms with van der Waals surface area (Å²) in [6.45, 7) is 0.181. The lowest BCUT2D eigenvalue weighted by Crippen LogP contribution is -2.14. The predicted octanol–water partition coefficient (Wildman–Crippen LogP) is 0.902. The van der Waals surface area contributed by atoms with Crippen LogP contribution >= 0.6 is 23.7 Å². The Hall–Kier alpha value is -0.100. The van der Waals surface area contributed by atoms with Gasteiger partial charge in [0.2, 0.25) is 0 Å². The van der Waals surface area contributed by atoms with Crippen molar-refractivity contribution in [3.63, 3.8) is 0 Å². The molecule has 0 spiro atoms. The van der Waals surface area contributed by atoms with Crippen LogP contribution in [0, 0.1) is 0 Å². The van der Waals surface area contributed by atoms with Gasteiger partial charge in [-0.3, -0.25) is 0 Å². The molecule has 1 rings (SSSR count). The molecule has 0 saturated heterocycles. The lowest BCUT2D eigenvalue weighted by molar-refractivity contribution is 0.598. The van der Waals surface area contributed by atoms with E-state index in [9.17, 15) is 8.42 Å². The van der Waals surface area contributed by atoms with Gasteiger partial charge < -0.3 is 5.73 Å². The van der Waals surface area contributed by atoms with E-state index in [0.717, 1.165) is 0 Å². The molecular weight excluding hydrogens is 218 g/mol. The number of nitrogens with two attached hydrogens (primary N) is 1. The smallest absolute Gasteiger partial charge is 0.188 e. The normalized spacial score (nSPS) is 10.8. The zero-order valence-corrected chi connectivity index (χ0v) is 8.71. The molecule has 0 aliphatic rings. The zero-order chi connectivity index (χ0) is 8.32. The first-order valence-electron chi connectivity index (χ1n) is 3.13. The third-order valence-corrected chi connectivity index (χ3v) is 4.42. The highest BCUT2D eigenvalue weighted by Crippen LogP contribution is 2.16. The minimum Gasteiger partial charge on any atom is -0.329 e. The van der Waals surface area contributed by atoms with E-state index in [1.54, 1.807) is 17.5 Å². The minimum absolute atomic E-state index is 0. The van der Waals surface area contributed by atoms with Crippen molar-refractivity contribution in [2.24, 2.45) is 5.73 Å². The summed E-state index contributed by atoms with van der Waals surface area (Å²) in [5, 5.41) is 1.74. The molecule has 0 aliphatic heterocycles. The summed E-state index contributed by atoms with van der Waals surface area (Å²) < 4.78 is 22.9. The molecule has 0 radical (unpaired) electrons. The molecule has 1 aromatic heterocycles. The van der Waals surface area contributed by atoms with Crippen molar-refractivity contribution in [3.05, 3.63) is 17.5 Å². The van der Waals surface area contributed by atoms with Gasteiger partial charge in [0, 0.05) is 6.54 Å². The molecule has 2 N–H and O–H groups in total. The summed E-state index contributed by atoms with van der Waals surface area (Å²) >= 11 is 1.23. The average molecular weight is 228 g/mol. The highest BCUT2D eigenvalue weighted by atomic mass is 35.5. The summed E-state index contributed by atoms with van der Waals surface area (Å²) in [4.78, 5) is 0. The van der Waals surface area contributed by atoms with E-state index in [2.05, 4.69) is 0 Å². The Morgan fingerprint density at radius 3 is 2.58 bits per heavy atom. The summed E-state index contributed by atoms with van der Waals surface area (Å²) in [5.74, 6) is 0.0352. The van der Waals surface area contributed by atoms with Crippen molar-refractivity contribution < 1.29 is 8.42 Å². The van der Waals surface area contributed by atoms with Gasteiger partial charge in [-0.1, -0.05) is 6.07 Å². The summed E-state index contributed by atoms with van der Waals surface area (Å²) in [6, 6.07) is 3.31. The lowest BCUT2D eigenvalue weighted by atomic mass is 10.7. The minimum atomic E-state index is -3.07. The molecule has 70 valence electrons. The van der Waals surface area contributed by atoms with Crippen LogP contribution in [0.3, 0.4) is 0 Å². The maximum Gasteiger partial charge on any atom is 0.188 e. The van der Waals surface area contributed by atoms with E-state index in [4.69, 9.17) is 5.73 Å². The first-order valence-corrected chi connectivity index (χ1v) is 5.66. The molecule has 0 fully saturated rings. The molecule has 6 heteroatoms. The fourth-order valence-corrected chi connectivity index (χ4v) is 2.95. The average Bonchev–Trinajstić information content (AvgIpc) is 2.37. The van der Waals surface area contributed by atoms with Crippen molar-refractivity contribution in [1.29, 1.82) is 0 Å². The molecule has 0 unspecified atom stereocenters. The summed E-state index contributed by atoms with van der Waals surface area (Å²) in [5.41, 5.74) is 5.15. The molecule has 1 aromatic rings. The number of halogens is 1. The lowest BCUT2D eigenvalue weighted by Gasteiger charge is -1.96. The topological polar surface area (TPSA) is 60.2 Å². The summed E-state index contributed by atoms with van der Waals surface area (Å²) in [6.07, 6.45) is 0. The molecule has 0 aromatic carbocycles. The molecular formula is C6H10ClNO2S2. The van der Waals surface area contributed by atoms with Crippen LogP contribution in [0.4, 0.5) is 0 Å². The van der Waals surface area contributed by atoms with E-state index in [1.165, 1.54) is 11.3 Å². The van der Waals surface area contributed by atoms with Crippen LogP contribution in [-0.2, 0) is 9.84 Å². The molecule has 0 aliphatic carbocycles. The van der Waals surface area contributed by atoms with Crippen molar-refractivity contribution in [3.8, 4) is 0 Å². The zero-order valence-electron chi connectivity index (χ0n) is 6.26. The van der Waals surface area contributed by atoms with Crippen molar-refractivity contribution in [2.75, 3.05) is 12.3 Å². The Bertz CT molecular complexity index is 306. The van der Waals surface area contributed by atoms with E-state index < -0.39 is 9.84 Å². The van der Waals surface area contributed by atoms with Gasteiger partial charge in [-0.25, -0.2) is 8.42 Å². The predicted molar refractivity (Wildman–Crippen MR) is 52.7 cm³/mol. The van der Waals surface area contributed by atoms with Gasteiger partial charge in [0.25, 0.3) is 0 Å². The van der Waals surface area contributed by atoms with Gasteiger partial charge in [0.15, 0.2) is 9.84 Å². The highest BCUT2D eigenvalue weighted by Gasteiger charge is 2.12. The van der Waals surface area contributed by atoms with Crippen LogP contribution in [0.2, 0.25) is 0 Å². The van der Waals surface area contributed by atoms with Gasteiger partial charge in [0.1, 0.15) is 4.21 Å². The van der Waals surface area contributed by atoms with Crippen molar-refractivity contribution in [2.45, 2.75) is 4.21 Å². The fourth-order valence-electron chi connectivity index (χ4n) is 0.696. The Balaban J connectivity index is 0.00000121. The van der Waals surface area contributed by atoms with E-state index in [0.29, 0.717) is 4.21 Å². The number of hydrogen-bond donors (Lipinski definition) is 1. The van der Waals surface area contributed by atoms with Crippen molar-refractivity contribution in [1.82, 2.24) is 0 Å². The van der Waals surface area contributed by atoms with Crippen LogP contribution in [0.1, 0.15) is 0 Å². The largest absolute Gasteiger partial charge is 0.329 e. The van der Waals surface area contributed by atoms with Crippen LogP contribution in [0.5, 0.6) is 0 Å². The van der Waals surface area contributed by atoms with E-state index >= 15 is 0 Å². The quantitative estimate of drug-likeness (QED) is 0.835. The van der Waals surface area contributed by atoms with Gasteiger partial charge in [-0.05, 0) is 11.4 Å². The number of thiophene rings is 1.